The summed E-state index contributed by atoms with van der Waals surface area (Å²) in [6.07, 6.45) is 54.4. The lowest BCUT2D eigenvalue weighted by Gasteiger charge is -2.24. The van der Waals surface area contributed by atoms with Crippen molar-refractivity contribution >= 4 is 13.8 Å². The Kier molecular flexibility index (Phi) is 47.6. The Labute approximate surface area is 393 Å². The molecule has 0 bridgehead atoms. The van der Waals surface area contributed by atoms with E-state index in [1.807, 2.05) is 21.1 Å². The predicted octanol–water partition coefficient (Wildman–Crippen LogP) is 17.2. The number of phosphoric acid groups is 1. The molecule has 0 saturated heterocycles. The zero-order chi connectivity index (χ0) is 46.2. The number of phosphoric ester groups is 1. The molecule has 0 aromatic carbocycles. The van der Waals surface area contributed by atoms with Gasteiger partial charge in [0.1, 0.15) is 19.3 Å². The van der Waals surface area contributed by atoms with Crippen LogP contribution in [0.2, 0.25) is 0 Å². The van der Waals surface area contributed by atoms with Crippen LogP contribution in [0.1, 0.15) is 284 Å². The van der Waals surface area contributed by atoms with Crippen molar-refractivity contribution in [1.29, 1.82) is 0 Å². The van der Waals surface area contributed by atoms with Crippen LogP contribution in [0.5, 0.6) is 0 Å². The SMILES string of the molecule is CCCCCCCCCCCCCCCCCCCCCCCCCCOCC(COP(=O)(O)OCC[N+](C)(C)C)OC(=O)CCCCCCCCCCCCCCCCCCC. The molecule has 0 spiro atoms. The van der Waals surface area contributed by atoms with E-state index in [-0.39, 0.29) is 25.8 Å². The minimum atomic E-state index is -4.27. The van der Waals surface area contributed by atoms with Gasteiger partial charge in [0.15, 0.2) is 0 Å². The molecule has 8 nitrogen and oxygen atoms in total. The van der Waals surface area contributed by atoms with Crippen LogP contribution in [-0.4, -0.2) is 75.6 Å². The number of hydrogen-bond donors (Lipinski definition) is 1. The van der Waals surface area contributed by atoms with E-state index in [9.17, 15) is 14.3 Å². The third-order valence-corrected chi connectivity index (χ3v) is 13.7. The Morgan fingerprint density at radius 3 is 1.05 bits per heavy atom. The van der Waals surface area contributed by atoms with Gasteiger partial charge in [-0.25, -0.2) is 4.57 Å². The van der Waals surface area contributed by atoms with E-state index in [4.69, 9.17) is 18.5 Å². The number of nitrogens with zero attached hydrogens (tertiary/aromatic N) is 1. The molecule has 2 atom stereocenters. The molecule has 9 heteroatoms. The quantitative estimate of drug-likeness (QED) is 0.0281. The fraction of sp³-hybridized carbons (Fsp3) is 0.981. The molecule has 0 heterocycles. The summed E-state index contributed by atoms with van der Waals surface area (Å²) < 4.78 is 35.2. The average molecular weight is 917 g/mol. The third-order valence-electron chi connectivity index (χ3n) is 12.7. The highest BCUT2D eigenvalue weighted by atomic mass is 31.2. The molecule has 378 valence electrons. The van der Waals surface area contributed by atoms with Gasteiger partial charge in [-0.05, 0) is 12.8 Å². The van der Waals surface area contributed by atoms with Crippen molar-refractivity contribution in [2.45, 2.75) is 290 Å². The summed E-state index contributed by atoms with van der Waals surface area (Å²) >= 11 is 0. The average Bonchev–Trinajstić information content (AvgIpc) is 3.24. The molecule has 63 heavy (non-hydrogen) atoms. The normalized spacial score (nSPS) is 13.4. The molecule has 0 fully saturated rings. The number of likely N-dealkylation sites (N-methyl/N-ethyl adjacent to an activating group) is 1. The summed E-state index contributed by atoms with van der Waals surface area (Å²) in [6, 6.07) is 0. The maximum atomic E-state index is 12.8. The zero-order valence-electron chi connectivity index (χ0n) is 43.1. The van der Waals surface area contributed by atoms with Crippen LogP contribution in [0.15, 0.2) is 0 Å². The summed E-state index contributed by atoms with van der Waals surface area (Å²) in [5, 5.41) is 0. The highest BCUT2D eigenvalue weighted by Gasteiger charge is 2.26. The Morgan fingerprint density at radius 2 is 0.730 bits per heavy atom. The van der Waals surface area contributed by atoms with Crippen molar-refractivity contribution in [3.05, 3.63) is 0 Å². The fourth-order valence-corrected chi connectivity index (χ4v) is 9.12. The molecule has 1 N–H and O–H groups in total. The van der Waals surface area contributed by atoms with Crippen molar-refractivity contribution in [3.63, 3.8) is 0 Å². The second kappa shape index (κ2) is 48.0. The Hall–Kier alpha value is -0.500. The monoisotopic (exact) mass is 917 g/mol. The number of esters is 1. The molecule has 0 aliphatic heterocycles. The van der Waals surface area contributed by atoms with Crippen LogP contribution in [0.3, 0.4) is 0 Å². The molecule has 0 aromatic rings. The van der Waals surface area contributed by atoms with Crippen LogP contribution < -0.4 is 0 Å². The summed E-state index contributed by atoms with van der Waals surface area (Å²) in [5.41, 5.74) is 0. The fourth-order valence-electron chi connectivity index (χ4n) is 8.38. The summed E-state index contributed by atoms with van der Waals surface area (Å²) in [6.45, 7) is 5.71. The number of rotatable bonds is 53. The molecule has 0 aromatic heterocycles. The van der Waals surface area contributed by atoms with Crippen LogP contribution in [0.4, 0.5) is 0 Å². The second-order valence-electron chi connectivity index (χ2n) is 20.3. The maximum Gasteiger partial charge on any atom is 0.472 e. The van der Waals surface area contributed by atoms with Gasteiger partial charge in [0, 0.05) is 13.0 Å². The maximum absolute atomic E-state index is 12.8. The summed E-state index contributed by atoms with van der Waals surface area (Å²) in [4.78, 5) is 23.0. The van der Waals surface area contributed by atoms with E-state index in [0.717, 1.165) is 32.1 Å². The minimum absolute atomic E-state index is 0.0943. The van der Waals surface area contributed by atoms with Gasteiger partial charge in [0.2, 0.25) is 0 Å². The first-order chi connectivity index (χ1) is 30.6. The van der Waals surface area contributed by atoms with E-state index in [1.165, 1.54) is 231 Å². The van der Waals surface area contributed by atoms with Gasteiger partial charge >= 0.3 is 13.8 Å². The van der Waals surface area contributed by atoms with E-state index in [0.29, 0.717) is 24.1 Å². The van der Waals surface area contributed by atoms with Gasteiger partial charge in [0.05, 0.1) is 34.4 Å². The first-order valence-electron chi connectivity index (χ1n) is 27.8. The Balaban J connectivity index is 4.01. The van der Waals surface area contributed by atoms with E-state index >= 15 is 0 Å². The van der Waals surface area contributed by atoms with Crippen molar-refractivity contribution in [2.75, 3.05) is 54.1 Å². The Bertz CT molecular complexity index is 976. The van der Waals surface area contributed by atoms with E-state index in [2.05, 4.69) is 13.8 Å². The Morgan fingerprint density at radius 1 is 0.429 bits per heavy atom. The standard InChI is InChI=1S/C54H110NO7P/c1-6-8-10-12-14-16-18-20-22-24-25-26-27-28-29-30-32-34-36-38-40-42-44-46-49-59-51-53(52-61-63(57,58)60-50-48-55(3,4)5)62-54(56)47-45-43-41-39-37-35-33-31-23-21-19-17-15-13-11-9-7-2/h53H,6-52H2,1-5H3/p+1. The lowest BCUT2D eigenvalue weighted by Crippen LogP contribution is -2.37. The lowest BCUT2D eigenvalue weighted by molar-refractivity contribution is -0.870. The van der Waals surface area contributed by atoms with Crippen molar-refractivity contribution in [1.82, 2.24) is 0 Å². The molecule has 0 saturated carbocycles. The van der Waals surface area contributed by atoms with Crippen LogP contribution in [0, 0.1) is 0 Å². The summed E-state index contributed by atoms with van der Waals surface area (Å²) in [5.74, 6) is -0.304. The van der Waals surface area contributed by atoms with Gasteiger partial charge in [-0.1, -0.05) is 264 Å². The van der Waals surface area contributed by atoms with Gasteiger partial charge in [-0.3, -0.25) is 13.8 Å². The second-order valence-corrected chi connectivity index (χ2v) is 21.8. The van der Waals surface area contributed by atoms with Crippen molar-refractivity contribution in [2.24, 2.45) is 0 Å². The van der Waals surface area contributed by atoms with Crippen LogP contribution >= 0.6 is 7.82 Å². The van der Waals surface area contributed by atoms with Gasteiger partial charge in [0.25, 0.3) is 0 Å². The highest BCUT2D eigenvalue weighted by molar-refractivity contribution is 7.47. The van der Waals surface area contributed by atoms with Gasteiger partial charge in [-0.15, -0.1) is 0 Å². The molecule has 0 rings (SSSR count). The van der Waals surface area contributed by atoms with Crippen LogP contribution in [0.25, 0.3) is 0 Å². The highest BCUT2D eigenvalue weighted by Crippen LogP contribution is 2.43. The molecular formula is C54H111NO7P+. The minimum Gasteiger partial charge on any atom is -0.457 e. The van der Waals surface area contributed by atoms with E-state index in [1.54, 1.807) is 0 Å². The largest absolute Gasteiger partial charge is 0.472 e. The summed E-state index contributed by atoms with van der Waals surface area (Å²) in [7, 11) is 1.69. The molecule has 0 amide bonds. The number of ether oxygens (including phenoxy) is 2. The molecule has 0 aliphatic carbocycles. The molecular weight excluding hydrogens is 806 g/mol. The van der Waals surface area contributed by atoms with Crippen LogP contribution in [-0.2, 0) is 27.9 Å². The lowest BCUT2D eigenvalue weighted by atomic mass is 10.0. The van der Waals surface area contributed by atoms with Crippen molar-refractivity contribution < 1.29 is 37.3 Å². The number of carbonyl (C=O) groups is 1. The zero-order valence-corrected chi connectivity index (χ0v) is 44.0. The topological polar surface area (TPSA) is 91.3 Å². The number of unbranched alkanes of at least 4 members (excludes halogenated alkanes) is 39. The smallest absolute Gasteiger partial charge is 0.457 e. The van der Waals surface area contributed by atoms with Gasteiger partial charge in [-0.2, -0.15) is 0 Å². The number of quaternary nitrogens is 1. The third kappa shape index (κ3) is 52.3. The first kappa shape index (κ1) is 62.5. The van der Waals surface area contributed by atoms with Gasteiger partial charge < -0.3 is 18.9 Å². The molecule has 0 radical (unpaired) electrons. The van der Waals surface area contributed by atoms with E-state index < -0.39 is 13.9 Å². The molecule has 0 aliphatic rings. The van der Waals surface area contributed by atoms with Crippen molar-refractivity contribution in [3.8, 4) is 0 Å². The molecule has 2 unspecified atom stereocenters. The number of hydrogen-bond acceptors (Lipinski definition) is 6. The number of carbonyl (C=O) groups excluding carboxylic acids is 1. The predicted molar refractivity (Wildman–Crippen MR) is 271 cm³/mol. The first-order valence-corrected chi connectivity index (χ1v) is 29.3.